The number of amides is 2. The molecule has 0 bridgehead atoms. The van der Waals surface area contributed by atoms with Gasteiger partial charge >= 0.3 is 12.1 Å². The zero-order valence-electron chi connectivity index (χ0n) is 17.7. The Morgan fingerprint density at radius 3 is 2.19 bits per heavy atom. The third kappa shape index (κ3) is 4.45. The minimum Gasteiger partial charge on any atom is -0.480 e. The molecule has 0 heterocycles. The molecule has 1 atom stereocenters. The van der Waals surface area contributed by atoms with E-state index in [1.54, 1.807) is 0 Å². The maximum absolute atomic E-state index is 12.3. The second-order valence-electron chi connectivity index (χ2n) is 8.19. The number of hydrogen-bond acceptors (Lipinski definition) is 5. The van der Waals surface area contributed by atoms with Crippen LogP contribution in [0.3, 0.4) is 0 Å². The molecule has 2 aliphatic carbocycles. The highest BCUT2D eigenvalue weighted by Crippen LogP contribution is 2.44. The van der Waals surface area contributed by atoms with Crippen LogP contribution in [-0.2, 0) is 19.1 Å². The Kier molecular flexibility index (Phi) is 6.41. The van der Waals surface area contributed by atoms with Gasteiger partial charge in [-0.25, -0.2) is 9.59 Å². The topological polar surface area (TPSA) is 114 Å². The number of benzene rings is 2. The molecule has 0 aliphatic heterocycles. The number of methoxy groups -OCH3 is 1. The first-order chi connectivity index (χ1) is 15.5. The molecule has 0 spiro atoms. The predicted molar refractivity (Wildman–Crippen MR) is 116 cm³/mol. The fourth-order valence-electron chi connectivity index (χ4n) is 4.39. The Morgan fingerprint density at radius 1 is 1.03 bits per heavy atom. The number of ether oxygens (including phenoxy) is 2. The summed E-state index contributed by atoms with van der Waals surface area (Å²) >= 11 is 0. The van der Waals surface area contributed by atoms with E-state index < -0.39 is 18.1 Å². The van der Waals surface area contributed by atoms with E-state index in [0.717, 1.165) is 22.3 Å². The zero-order chi connectivity index (χ0) is 22.7. The van der Waals surface area contributed by atoms with Gasteiger partial charge in [0.25, 0.3) is 0 Å². The number of fused-ring (bicyclic) bond motifs is 3. The molecule has 168 valence electrons. The van der Waals surface area contributed by atoms with Crippen LogP contribution in [0.1, 0.15) is 29.9 Å². The molecule has 2 aliphatic rings. The molecule has 2 aromatic rings. The van der Waals surface area contributed by atoms with Gasteiger partial charge in [-0.1, -0.05) is 48.5 Å². The third-order valence-electron chi connectivity index (χ3n) is 6.12. The van der Waals surface area contributed by atoms with Gasteiger partial charge in [-0.05, 0) is 35.1 Å². The van der Waals surface area contributed by atoms with Crippen molar-refractivity contribution in [2.75, 3.05) is 20.3 Å². The summed E-state index contributed by atoms with van der Waals surface area (Å²) < 4.78 is 10.3. The number of carbonyl (C=O) groups is 3. The summed E-state index contributed by atoms with van der Waals surface area (Å²) in [6.45, 7) is 0.128. The van der Waals surface area contributed by atoms with E-state index in [4.69, 9.17) is 14.6 Å². The number of carboxylic acids is 1. The van der Waals surface area contributed by atoms with Crippen LogP contribution in [0.5, 0.6) is 0 Å². The van der Waals surface area contributed by atoms with Crippen LogP contribution in [0.2, 0.25) is 0 Å². The molecule has 1 fully saturated rings. The van der Waals surface area contributed by atoms with Gasteiger partial charge < -0.3 is 25.2 Å². The quantitative estimate of drug-likeness (QED) is 0.584. The molecule has 1 unspecified atom stereocenters. The Bertz CT molecular complexity index is 972. The van der Waals surface area contributed by atoms with Crippen LogP contribution in [0, 0.1) is 5.92 Å². The summed E-state index contributed by atoms with van der Waals surface area (Å²) in [4.78, 5) is 35.7. The van der Waals surface area contributed by atoms with Crippen molar-refractivity contribution in [1.82, 2.24) is 10.6 Å². The van der Waals surface area contributed by atoms with Gasteiger partial charge in [-0.2, -0.15) is 0 Å². The smallest absolute Gasteiger partial charge is 0.407 e. The molecule has 2 aromatic carbocycles. The second-order valence-corrected chi connectivity index (χ2v) is 8.19. The average molecular weight is 438 g/mol. The van der Waals surface area contributed by atoms with Crippen molar-refractivity contribution in [2.24, 2.45) is 5.92 Å². The van der Waals surface area contributed by atoms with Gasteiger partial charge in [0.1, 0.15) is 6.61 Å². The van der Waals surface area contributed by atoms with Crippen molar-refractivity contribution < 1.29 is 29.0 Å². The maximum atomic E-state index is 12.3. The monoisotopic (exact) mass is 438 g/mol. The van der Waals surface area contributed by atoms with Gasteiger partial charge in [-0.15, -0.1) is 0 Å². The first-order valence-electron chi connectivity index (χ1n) is 10.6. The van der Waals surface area contributed by atoms with E-state index in [1.807, 2.05) is 24.3 Å². The Balaban J connectivity index is 1.26. The molecule has 1 saturated carbocycles. The average Bonchev–Trinajstić information content (AvgIpc) is 3.08. The number of carboxylic acid groups (broad SMARTS) is 1. The van der Waals surface area contributed by atoms with Crippen LogP contribution in [0.15, 0.2) is 48.5 Å². The Labute approximate surface area is 185 Å². The van der Waals surface area contributed by atoms with Crippen LogP contribution >= 0.6 is 0 Å². The number of rotatable bonds is 8. The summed E-state index contributed by atoms with van der Waals surface area (Å²) in [6.07, 6.45) is 0.364. The van der Waals surface area contributed by atoms with E-state index >= 15 is 0 Å². The molecule has 32 heavy (non-hydrogen) atoms. The molecule has 8 heteroatoms. The number of hydrogen-bond donors (Lipinski definition) is 3. The zero-order valence-corrected chi connectivity index (χ0v) is 17.7. The molecular formula is C24H26N2O6. The van der Waals surface area contributed by atoms with Gasteiger partial charge in [0, 0.05) is 25.0 Å². The molecule has 4 rings (SSSR count). The summed E-state index contributed by atoms with van der Waals surface area (Å²) in [5.41, 5.74) is 4.62. The highest BCUT2D eigenvalue weighted by Gasteiger charge is 2.37. The maximum Gasteiger partial charge on any atom is 0.407 e. The molecule has 0 saturated heterocycles. The number of alkyl carbamates (subject to hydrolysis) is 1. The Hall–Kier alpha value is -3.39. The SMILES string of the molecule is COCC(NC(=O)C1CC(NC(=O)OCC2c3ccccc3-c3ccccc32)C1)C(=O)O. The molecule has 0 radical (unpaired) electrons. The van der Waals surface area contributed by atoms with E-state index in [1.165, 1.54) is 7.11 Å². The summed E-state index contributed by atoms with van der Waals surface area (Å²) in [7, 11) is 1.37. The normalized spacial score (nSPS) is 19.8. The van der Waals surface area contributed by atoms with Gasteiger partial charge in [0.15, 0.2) is 6.04 Å². The predicted octanol–water partition coefficient (Wildman–Crippen LogP) is 2.52. The molecule has 3 N–H and O–H groups in total. The highest BCUT2D eigenvalue weighted by atomic mass is 16.5. The minimum absolute atomic E-state index is 0.0122. The standard InChI is InChI=1S/C24H26N2O6/c1-31-13-21(23(28)29)26-22(27)14-10-15(11-14)25-24(30)32-12-20-18-8-4-2-6-16(18)17-7-3-5-9-19(17)20/h2-9,14-15,20-21H,10-13H2,1H3,(H,25,30)(H,26,27)(H,28,29). The van der Waals surface area contributed by atoms with Crippen molar-refractivity contribution in [3.63, 3.8) is 0 Å². The summed E-state index contributed by atoms with van der Waals surface area (Å²) in [5, 5.41) is 14.4. The van der Waals surface area contributed by atoms with Gasteiger partial charge in [-0.3, -0.25) is 4.79 Å². The fourth-order valence-corrected chi connectivity index (χ4v) is 4.39. The summed E-state index contributed by atoms with van der Waals surface area (Å²) in [6, 6.07) is 15.0. The highest BCUT2D eigenvalue weighted by molar-refractivity contribution is 5.86. The number of aliphatic carboxylic acids is 1. The van der Waals surface area contributed by atoms with Crippen molar-refractivity contribution in [2.45, 2.75) is 30.8 Å². The van der Waals surface area contributed by atoms with E-state index in [-0.39, 0.29) is 37.0 Å². The largest absolute Gasteiger partial charge is 0.480 e. The van der Waals surface area contributed by atoms with Crippen LogP contribution in [-0.4, -0.2) is 55.5 Å². The lowest BCUT2D eigenvalue weighted by atomic mass is 9.79. The van der Waals surface area contributed by atoms with Crippen molar-refractivity contribution in [1.29, 1.82) is 0 Å². The van der Waals surface area contributed by atoms with Crippen molar-refractivity contribution >= 4 is 18.0 Å². The van der Waals surface area contributed by atoms with E-state index in [9.17, 15) is 14.4 Å². The van der Waals surface area contributed by atoms with Crippen molar-refractivity contribution in [3.05, 3.63) is 59.7 Å². The number of carbonyl (C=O) groups excluding carboxylic acids is 2. The second kappa shape index (κ2) is 9.40. The van der Waals surface area contributed by atoms with Gasteiger partial charge in [0.2, 0.25) is 5.91 Å². The molecular weight excluding hydrogens is 412 g/mol. The summed E-state index contributed by atoms with van der Waals surface area (Å²) in [5.74, 6) is -1.85. The van der Waals surface area contributed by atoms with E-state index in [0.29, 0.717) is 12.8 Å². The lowest BCUT2D eigenvalue weighted by molar-refractivity contribution is -0.144. The Morgan fingerprint density at radius 2 is 1.62 bits per heavy atom. The van der Waals surface area contributed by atoms with Gasteiger partial charge in [0.05, 0.1) is 6.61 Å². The lowest BCUT2D eigenvalue weighted by Gasteiger charge is -2.35. The first kappa shape index (κ1) is 21.8. The third-order valence-corrected chi connectivity index (χ3v) is 6.12. The van der Waals surface area contributed by atoms with E-state index in [2.05, 4.69) is 34.9 Å². The van der Waals surface area contributed by atoms with Crippen LogP contribution in [0.25, 0.3) is 11.1 Å². The van der Waals surface area contributed by atoms with Crippen LogP contribution in [0.4, 0.5) is 4.79 Å². The van der Waals surface area contributed by atoms with Crippen LogP contribution < -0.4 is 10.6 Å². The molecule has 2 amide bonds. The molecule has 0 aromatic heterocycles. The van der Waals surface area contributed by atoms with Crippen molar-refractivity contribution in [3.8, 4) is 11.1 Å². The number of nitrogens with one attached hydrogen (secondary N) is 2. The lowest BCUT2D eigenvalue weighted by Crippen LogP contribution is -2.53. The first-order valence-corrected chi connectivity index (χ1v) is 10.6. The minimum atomic E-state index is -1.15. The fraction of sp³-hybridized carbons (Fsp3) is 0.375. The molecule has 8 nitrogen and oxygen atoms in total.